The first-order valence-electron chi connectivity index (χ1n) is 7.61. The van der Waals surface area contributed by atoms with Gasteiger partial charge in [-0.15, -0.1) is 0 Å². The molecule has 3 rings (SSSR count). The van der Waals surface area contributed by atoms with Crippen LogP contribution in [0.4, 0.5) is 4.39 Å². The van der Waals surface area contributed by atoms with Crippen molar-refractivity contribution in [3.05, 3.63) is 56.9 Å². The fraction of sp³-hybridized carbons (Fsp3) is 0.222. The maximum Gasteiger partial charge on any atom is 0.333 e. The van der Waals surface area contributed by atoms with Gasteiger partial charge in [0.05, 0.1) is 19.8 Å². The fourth-order valence-corrected chi connectivity index (χ4v) is 3.25. The summed E-state index contributed by atoms with van der Waals surface area (Å²) in [6.45, 7) is -0.175. The first-order chi connectivity index (χ1) is 12.5. The van der Waals surface area contributed by atoms with Crippen LogP contribution in [0.5, 0.6) is 11.5 Å². The van der Waals surface area contributed by atoms with E-state index in [0.717, 1.165) is 9.64 Å². The lowest BCUT2D eigenvalue weighted by Gasteiger charge is -2.34. The molecular weight excluding hydrogens is 456 g/mol. The van der Waals surface area contributed by atoms with Gasteiger partial charge >= 0.3 is 5.97 Å². The number of nitrogens with zero attached hydrogens (tertiary/aromatic N) is 1. The van der Waals surface area contributed by atoms with Gasteiger partial charge in [-0.3, -0.25) is 9.69 Å². The van der Waals surface area contributed by atoms with E-state index in [1.54, 1.807) is 18.2 Å². The van der Waals surface area contributed by atoms with Crippen molar-refractivity contribution in [2.24, 2.45) is 0 Å². The summed E-state index contributed by atoms with van der Waals surface area (Å²) in [6.07, 6.45) is 0. The summed E-state index contributed by atoms with van der Waals surface area (Å²) in [5.74, 6) is -0.991. The average Bonchev–Trinajstić information content (AvgIpc) is 2.63. The standard InChI is InChI=1S/C18H15FINO5/c1-24-14-6-3-10(19)7-13(14)16(18(23)25-2)21-9-26-15-8-11(20)4-5-12(15)17(21)22/h3-8,16H,9H2,1-2H3. The quantitative estimate of drug-likeness (QED) is 0.507. The number of esters is 1. The van der Waals surface area contributed by atoms with E-state index in [-0.39, 0.29) is 18.0 Å². The van der Waals surface area contributed by atoms with E-state index in [4.69, 9.17) is 14.2 Å². The van der Waals surface area contributed by atoms with E-state index in [9.17, 15) is 14.0 Å². The molecule has 0 N–H and O–H groups in total. The second-order valence-electron chi connectivity index (χ2n) is 5.50. The molecule has 1 aliphatic heterocycles. The lowest BCUT2D eigenvalue weighted by Crippen LogP contribution is -2.44. The van der Waals surface area contributed by atoms with E-state index in [2.05, 4.69) is 22.6 Å². The number of rotatable bonds is 4. The predicted octanol–water partition coefficient (Wildman–Crippen LogP) is 3.15. The number of ether oxygens (including phenoxy) is 3. The molecule has 0 spiro atoms. The molecule has 8 heteroatoms. The van der Waals surface area contributed by atoms with Gasteiger partial charge in [-0.05, 0) is 59.0 Å². The lowest BCUT2D eigenvalue weighted by atomic mass is 10.0. The van der Waals surface area contributed by atoms with Gasteiger partial charge in [0, 0.05) is 9.13 Å². The largest absolute Gasteiger partial charge is 0.496 e. The van der Waals surface area contributed by atoms with Crippen molar-refractivity contribution in [2.75, 3.05) is 21.0 Å². The molecule has 26 heavy (non-hydrogen) atoms. The van der Waals surface area contributed by atoms with Crippen molar-refractivity contribution < 1.29 is 28.2 Å². The maximum absolute atomic E-state index is 13.8. The minimum atomic E-state index is -1.20. The monoisotopic (exact) mass is 471 g/mol. The van der Waals surface area contributed by atoms with Crippen molar-refractivity contribution >= 4 is 34.5 Å². The molecule has 1 amide bonds. The highest BCUT2D eigenvalue weighted by molar-refractivity contribution is 14.1. The minimum Gasteiger partial charge on any atom is -0.496 e. The summed E-state index contributed by atoms with van der Waals surface area (Å²) in [4.78, 5) is 26.6. The van der Waals surface area contributed by atoms with Gasteiger partial charge in [-0.1, -0.05) is 0 Å². The van der Waals surface area contributed by atoms with Crippen LogP contribution in [-0.2, 0) is 9.53 Å². The van der Waals surface area contributed by atoms with E-state index in [0.29, 0.717) is 11.3 Å². The molecule has 2 aromatic rings. The highest BCUT2D eigenvalue weighted by Gasteiger charge is 2.38. The fourth-order valence-electron chi connectivity index (χ4n) is 2.79. The zero-order valence-electron chi connectivity index (χ0n) is 14.0. The van der Waals surface area contributed by atoms with Gasteiger partial charge in [-0.25, -0.2) is 9.18 Å². The van der Waals surface area contributed by atoms with Gasteiger partial charge in [-0.2, -0.15) is 0 Å². The summed E-state index contributed by atoms with van der Waals surface area (Å²) in [7, 11) is 2.60. The number of carbonyl (C=O) groups excluding carboxylic acids is 2. The number of halogens is 2. The Morgan fingerprint density at radius 2 is 2.04 bits per heavy atom. The van der Waals surface area contributed by atoms with Gasteiger partial charge in [0.15, 0.2) is 12.8 Å². The molecule has 0 saturated carbocycles. The third-order valence-corrected chi connectivity index (χ3v) is 4.69. The van der Waals surface area contributed by atoms with Crippen LogP contribution in [0, 0.1) is 9.39 Å². The smallest absolute Gasteiger partial charge is 0.333 e. The number of hydrogen-bond acceptors (Lipinski definition) is 5. The van der Waals surface area contributed by atoms with Crippen LogP contribution in [0.3, 0.4) is 0 Å². The molecule has 0 aromatic heterocycles. The van der Waals surface area contributed by atoms with Crippen LogP contribution in [0.15, 0.2) is 36.4 Å². The molecule has 1 atom stereocenters. The Morgan fingerprint density at radius 3 is 2.73 bits per heavy atom. The summed E-state index contributed by atoms with van der Waals surface area (Å²) in [5.41, 5.74) is 0.506. The number of benzene rings is 2. The van der Waals surface area contributed by atoms with Crippen LogP contribution in [0.25, 0.3) is 0 Å². The van der Waals surface area contributed by atoms with Crippen LogP contribution in [0.2, 0.25) is 0 Å². The third kappa shape index (κ3) is 3.33. The second-order valence-corrected chi connectivity index (χ2v) is 6.75. The number of carbonyl (C=O) groups is 2. The molecule has 0 bridgehead atoms. The highest BCUT2D eigenvalue weighted by atomic mass is 127. The number of methoxy groups -OCH3 is 2. The van der Waals surface area contributed by atoms with Crippen molar-refractivity contribution in [1.82, 2.24) is 4.90 Å². The summed E-state index contributed by atoms with van der Waals surface area (Å²) in [6, 6.07) is 7.68. The van der Waals surface area contributed by atoms with E-state index in [1.165, 1.54) is 31.3 Å². The van der Waals surface area contributed by atoms with E-state index >= 15 is 0 Å². The van der Waals surface area contributed by atoms with Gasteiger partial charge in [0.1, 0.15) is 17.3 Å². The number of amides is 1. The molecule has 1 heterocycles. The zero-order valence-corrected chi connectivity index (χ0v) is 16.2. The van der Waals surface area contributed by atoms with Crippen molar-refractivity contribution in [3.8, 4) is 11.5 Å². The first kappa shape index (κ1) is 18.4. The maximum atomic E-state index is 13.8. The first-order valence-corrected chi connectivity index (χ1v) is 8.68. The van der Waals surface area contributed by atoms with Crippen molar-refractivity contribution in [2.45, 2.75) is 6.04 Å². The Hall–Kier alpha value is -2.36. The van der Waals surface area contributed by atoms with Crippen LogP contribution >= 0.6 is 22.6 Å². The molecule has 6 nitrogen and oxygen atoms in total. The Labute approximate surface area is 163 Å². The Balaban J connectivity index is 2.08. The summed E-state index contributed by atoms with van der Waals surface area (Å²) in [5, 5.41) is 0. The van der Waals surface area contributed by atoms with Crippen LogP contribution in [-0.4, -0.2) is 37.7 Å². The molecule has 0 aliphatic carbocycles. The van der Waals surface area contributed by atoms with E-state index < -0.39 is 23.7 Å². The second kappa shape index (κ2) is 7.48. The SMILES string of the molecule is COC(=O)C(c1cc(F)ccc1OC)N1COc2cc(I)ccc2C1=O. The number of fused-ring (bicyclic) bond motifs is 1. The third-order valence-electron chi connectivity index (χ3n) is 4.02. The molecule has 1 aliphatic rings. The summed E-state index contributed by atoms with van der Waals surface area (Å²) < 4.78 is 30.5. The summed E-state index contributed by atoms with van der Waals surface area (Å²) >= 11 is 2.11. The molecule has 136 valence electrons. The average molecular weight is 471 g/mol. The normalized spacial score (nSPS) is 14.3. The molecule has 1 unspecified atom stereocenters. The molecule has 2 aromatic carbocycles. The Kier molecular flexibility index (Phi) is 5.30. The topological polar surface area (TPSA) is 65.1 Å². The van der Waals surface area contributed by atoms with Gasteiger partial charge in [0.25, 0.3) is 5.91 Å². The molecule has 0 radical (unpaired) electrons. The van der Waals surface area contributed by atoms with Crippen LogP contribution in [0.1, 0.15) is 22.0 Å². The Morgan fingerprint density at radius 1 is 1.27 bits per heavy atom. The molecule has 0 saturated heterocycles. The highest BCUT2D eigenvalue weighted by Crippen LogP contribution is 2.36. The zero-order chi connectivity index (χ0) is 18.8. The lowest BCUT2D eigenvalue weighted by molar-refractivity contribution is -0.147. The Bertz CT molecular complexity index is 873. The predicted molar refractivity (Wildman–Crippen MR) is 98.5 cm³/mol. The van der Waals surface area contributed by atoms with Gasteiger partial charge in [0.2, 0.25) is 0 Å². The molecular formula is C18H15FINO5. The van der Waals surface area contributed by atoms with Gasteiger partial charge < -0.3 is 14.2 Å². The van der Waals surface area contributed by atoms with Crippen molar-refractivity contribution in [1.29, 1.82) is 0 Å². The minimum absolute atomic E-state index is 0.175. The van der Waals surface area contributed by atoms with Crippen molar-refractivity contribution in [3.63, 3.8) is 0 Å². The molecule has 0 fully saturated rings. The number of hydrogen-bond donors (Lipinski definition) is 0. The van der Waals surface area contributed by atoms with Crippen LogP contribution < -0.4 is 9.47 Å². The van der Waals surface area contributed by atoms with E-state index in [1.807, 2.05) is 0 Å².